The van der Waals surface area contributed by atoms with E-state index >= 15 is 0 Å². The Labute approximate surface area is 145 Å². The highest BCUT2D eigenvalue weighted by atomic mass is 16.5. The zero-order valence-corrected chi connectivity index (χ0v) is 13.7. The number of methoxy groups -OCH3 is 1. The van der Waals surface area contributed by atoms with Crippen molar-refractivity contribution < 1.29 is 19.1 Å². The summed E-state index contributed by atoms with van der Waals surface area (Å²) in [4.78, 5) is 23.8. The average Bonchev–Trinajstić information content (AvgIpc) is 2.65. The number of nitrogens with zero attached hydrogens (tertiary/aromatic N) is 1. The highest BCUT2D eigenvalue weighted by Gasteiger charge is 2.17. The number of benzene rings is 2. The van der Waals surface area contributed by atoms with Gasteiger partial charge in [-0.05, 0) is 42.3 Å². The average molecular weight is 336 g/mol. The van der Waals surface area contributed by atoms with E-state index in [0.717, 1.165) is 11.3 Å². The number of hydrogen-bond acceptors (Lipinski definition) is 5. The Morgan fingerprint density at radius 2 is 2.04 bits per heavy atom. The molecule has 0 spiro atoms. The quantitative estimate of drug-likeness (QED) is 0.848. The zero-order chi connectivity index (χ0) is 17.8. The first-order valence-electron chi connectivity index (χ1n) is 7.77. The third-order valence-corrected chi connectivity index (χ3v) is 3.97. The normalized spacial score (nSPS) is 12.6. The van der Waals surface area contributed by atoms with Gasteiger partial charge in [0.2, 0.25) is 5.91 Å². The van der Waals surface area contributed by atoms with Crippen molar-refractivity contribution in [3.63, 3.8) is 0 Å². The number of amides is 1. The number of aryl methyl sites for hydroxylation is 1. The molecule has 1 amide bonds. The summed E-state index contributed by atoms with van der Waals surface area (Å²) in [6.45, 7) is -0.145. The van der Waals surface area contributed by atoms with Gasteiger partial charge in [-0.1, -0.05) is 0 Å². The largest absolute Gasteiger partial charge is 0.493 e. The molecule has 0 fully saturated rings. The predicted octanol–water partition coefficient (Wildman–Crippen LogP) is 2.71. The molecule has 0 aliphatic carbocycles. The molecule has 1 aliphatic heterocycles. The van der Waals surface area contributed by atoms with Crippen LogP contribution < -0.4 is 14.8 Å². The molecule has 0 bridgehead atoms. The van der Waals surface area contributed by atoms with Crippen LogP contribution in [-0.4, -0.2) is 25.4 Å². The van der Waals surface area contributed by atoms with Crippen LogP contribution in [0.1, 0.15) is 27.9 Å². The van der Waals surface area contributed by atoms with Crippen molar-refractivity contribution in [2.75, 3.05) is 19.0 Å². The van der Waals surface area contributed by atoms with Gasteiger partial charge in [0.15, 0.2) is 23.9 Å². The van der Waals surface area contributed by atoms with Gasteiger partial charge in [0, 0.05) is 23.7 Å². The molecule has 0 aromatic heterocycles. The summed E-state index contributed by atoms with van der Waals surface area (Å²) < 4.78 is 10.7. The fraction of sp³-hybridized carbons (Fsp3) is 0.211. The first-order chi connectivity index (χ1) is 12.1. The lowest BCUT2D eigenvalue weighted by Crippen LogP contribution is -2.20. The van der Waals surface area contributed by atoms with Gasteiger partial charge in [-0.2, -0.15) is 5.26 Å². The number of ether oxygens (including phenoxy) is 2. The molecule has 1 heterocycles. The minimum atomic E-state index is -0.175. The molecule has 1 aliphatic rings. The van der Waals surface area contributed by atoms with E-state index in [1.54, 1.807) is 36.4 Å². The molecule has 1 N–H and O–H groups in total. The van der Waals surface area contributed by atoms with Gasteiger partial charge in [-0.3, -0.25) is 9.59 Å². The smallest absolute Gasteiger partial charge is 0.224 e. The van der Waals surface area contributed by atoms with E-state index < -0.39 is 0 Å². The maximum atomic E-state index is 12.4. The number of rotatable bonds is 5. The Balaban J connectivity index is 1.71. The van der Waals surface area contributed by atoms with Crippen LogP contribution in [0.5, 0.6) is 11.5 Å². The second-order valence-electron chi connectivity index (χ2n) is 5.61. The van der Waals surface area contributed by atoms with Crippen molar-refractivity contribution in [2.24, 2.45) is 0 Å². The van der Waals surface area contributed by atoms with E-state index in [2.05, 4.69) is 5.32 Å². The van der Waals surface area contributed by atoms with Crippen LogP contribution in [0.25, 0.3) is 0 Å². The van der Waals surface area contributed by atoms with E-state index in [4.69, 9.17) is 14.7 Å². The van der Waals surface area contributed by atoms with Gasteiger partial charge in [0.25, 0.3) is 0 Å². The van der Waals surface area contributed by atoms with Crippen molar-refractivity contribution in [1.29, 1.82) is 5.26 Å². The van der Waals surface area contributed by atoms with Gasteiger partial charge in [0.1, 0.15) is 0 Å². The van der Waals surface area contributed by atoms with Crippen LogP contribution in [0.15, 0.2) is 36.4 Å². The summed E-state index contributed by atoms with van der Waals surface area (Å²) in [5.41, 5.74) is 2.68. The van der Waals surface area contributed by atoms with Crippen LogP contribution >= 0.6 is 0 Å². The van der Waals surface area contributed by atoms with Gasteiger partial charge < -0.3 is 14.8 Å². The molecular formula is C19H16N2O4. The second kappa shape index (κ2) is 7.05. The minimum absolute atomic E-state index is 0.0113. The number of carbonyl (C=O) groups is 2. The van der Waals surface area contributed by atoms with E-state index in [9.17, 15) is 9.59 Å². The zero-order valence-electron chi connectivity index (χ0n) is 13.7. The molecule has 0 saturated carbocycles. The van der Waals surface area contributed by atoms with Gasteiger partial charge in [0.05, 0.1) is 18.7 Å². The Hall–Kier alpha value is -3.33. The lowest BCUT2D eigenvalue weighted by molar-refractivity contribution is -0.116. The highest BCUT2D eigenvalue weighted by Crippen LogP contribution is 2.28. The Morgan fingerprint density at radius 1 is 1.20 bits per heavy atom. The van der Waals surface area contributed by atoms with Gasteiger partial charge in [-0.25, -0.2) is 0 Å². The minimum Gasteiger partial charge on any atom is -0.493 e. The molecule has 126 valence electrons. The molecule has 0 saturated heterocycles. The SMILES string of the molecule is COc1cc(C#N)ccc1OCC(=O)c1ccc2c(c1)CCC(=O)N2. The number of hydrogen-bond donors (Lipinski definition) is 1. The van der Waals surface area contributed by atoms with Gasteiger partial charge >= 0.3 is 0 Å². The van der Waals surface area contributed by atoms with Crippen molar-refractivity contribution in [3.8, 4) is 17.6 Å². The topological polar surface area (TPSA) is 88.4 Å². The summed E-state index contributed by atoms with van der Waals surface area (Å²) in [6, 6.07) is 12.0. The molecule has 0 unspecified atom stereocenters. The molecule has 25 heavy (non-hydrogen) atoms. The number of nitrogens with one attached hydrogen (secondary N) is 1. The number of carbonyl (C=O) groups excluding carboxylic acids is 2. The van der Waals surface area contributed by atoms with E-state index in [1.165, 1.54) is 7.11 Å². The first kappa shape index (κ1) is 16.5. The number of fused-ring (bicyclic) bond motifs is 1. The predicted molar refractivity (Wildman–Crippen MR) is 90.9 cm³/mol. The number of Topliss-reactive ketones (excluding diaryl/α,β-unsaturated/α-hetero) is 1. The van der Waals surface area contributed by atoms with Crippen LogP contribution in [0, 0.1) is 11.3 Å². The maximum absolute atomic E-state index is 12.4. The molecule has 0 radical (unpaired) electrons. The van der Waals surface area contributed by atoms with Crippen molar-refractivity contribution in [2.45, 2.75) is 12.8 Å². The molecule has 2 aromatic rings. The molecule has 6 heteroatoms. The highest BCUT2D eigenvalue weighted by molar-refractivity contribution is 5.99. The van der Waals surface area contributed by atoms with E-state index in [0.29, 0.717) is 35.5 Å². The number of ketones is 1. The summed E-state index contributed by atoms with van der Waals surface area (Å²) in [5.74, 6) is 0.619. The van der Waals surface area contributed by atoms with Crippen molar-refractivity contribution in [3.05, 3.63) is 53.1 Å². The molecule has 3 rings (SSSR count). The van der Waals surface area contributed by atoms with Gasteiger partial charge in [-0.15, -0.1) is 0 Å². The molecule has 6 nitrogen and oxygen atoms in total. The van der Waals surface area contributed by atoms with Crippen LogP contribution in [0.4, 0.5) is 5.69 Å². The van der Waals surface area contributed by atoms with Crippen LogP contribution in [0.2, 0.25) is 0 Å². The monoisotopic (exact) mass is 336 g/mol. The fourth-order valence-corrected chi connectivity index (χ4v) is 2.64. The van der Waals surface area contributed by atoms with Crippen LogP contribution in [-0.2, 0) is 11.2 Å². The Bertz CT molecular complexity index is 883. The lowest BCUT2D eigenvalue weighted by atomic mass is 9.99. The third kappa shape index (κ3) is 3.61. The fourth-order valence-electron chi connectivity index (χ4n) is 2.64. The van der Waals surface area contributed by atoms with Crippen LogP contribution in [0.3, 0.4) is 0 Å². The van der Waals surface area contributed by atoms with Crippen molar-refractivity contribution >= 4 is 17.4 Å². The molecule has 0 atom stereocenters. The molecular weight excluding hydrogens is 320 g/mol. The second-order valence-corrected chi connectivity index (χ2v) is 5.61. The summed E-state index contributed by atoms with van der Waals surface area (Å²) >= 11 is 0. The Kier molecular flexibility index (Phi) is 4.66. The summed E-state index contributed by atoms with van der Waals surface area (Å²) in [7, 11) is 1.48. The first-order valence-corrected chi connectivity index (χ1v) is 7.77. The van der Waals surface area contributed by atoms with E-state index in [-0.39, 0.29) is 18.3 Å². The Morgan fingerprint density at radius 3 is 2.80 bits per heavy atom. The maximum Gasteiger partial charge on any atom is 0.224 e. The summed E-state index contributed by atoms with van der Waals surface area (Å²) in [5, 5.41) is 11.7. The molecule has 2 aromatic carbocycles. The standard InChI is InChI=1S/C19H16N2O4/c1-24-18-8-12(10-20)2-6-17(18)25-11-16(22)14-3-5-15-13(9-14)4-7-19(23)21-15/h2-3,5-6,8-9H,4,7,11H2,1H3,(H,21,23). The van der Waals surface area contributed by atoms with Crippen molar-refractivity contribution in [1.82, 2.24) is 0 Å². The van der Waals surface area contributed by atoms with E-state index in [1.807, 2.05) is 6.07 Å². The number of nitriles is 1. The number of anilines is 1. The summed E-state index contributed by atoms with van der Waals surface area (Å²) in [6.07, 6.45) is 1.04. The third-order valence-electron chi connectivity index (χ3n) is 3.97. The lowest BCUT2D eigenvalue weighted by Gasteiger charge is -2.17.